The molecule has 0 saturated carbocycles. The topological polar surface area (TPSA) is 12.9 Å². The van der Waals surface area contributed by atoms with Crippen molar-refractivity contribution in [2.24, 2.45) is 0 Å². The van der Waals surface area contributed by atoms with Gasteiger partial charge in [0.25, 0.3) is 0 Å². The fourth-order valence-electron chi connectivity index (χ4n) is 14.8. The highest BCUT2D eigenvalue weighted by molar-refractivity contribution is 6.26. The van der Waals surface area contributed by atoms with E-state index >= 15 is 0 Å². The minimum atomic E-state index is 0.482. The molecule has 1 heterocycles. The van der Waals surface area contributed by atoms with Gasteiger partial charge in [0.2, 0.25) is 0 Å². The van der Waals surface area contributed by atoms with Crippen molar-refractivity contribution < 1.29 is 0 Å². The molecule has 95 heavy (non-hydrogen) atoms. The van der Waals surface area contributed by atoms with E-state index in [4.69, 9.17) is 0 Å². The van der Waals surface area contributed by atoms with Crippen molar-refractivity contribution in [3.63, 3.8) is 0 Å². The van der Waals surface area contributed by atoms with E-state index in [0.717, 1.165) is 0 Å². The molecule has 456 valence electrons. The van der Waals surface area contributed by atoms with Gasteiger partial charge in [-0.2, -0.15) is 0 Å². The zero-order valence-corrected chi connectivity index (χ0v) is 54.9. The Morgan fingerprint density at radius 3 is 0.800 bits per heavy atom. The lowest BCUT2D eigenvalue weighted by molar-refractivity contribution is 0.867. The quantitative estimate of drug-likeness (QED) is 0.131. The number of fused-ring (bicyclic) bond motifs is 8. The normalized spacial score (nSPS) is 11.5. The first-order valence-electron chi connectivity index (χ1n) is 33.7. The van der Waals surface area contributed by atoms with E-state index in [-0.39, 0.29) is 0 Å². The maximum absolute atomic E-state index is 4.56. The molecule has 0 aliphatic carbocycles. The third-order valence-electron chi connectivity index (χ3n) is 19.4. The van der Waals surface area contributed by atoms with Gasteiger partial charge >= 0.3 is 0 Å². The van der Waals surface area contributed by atoms with E-state index in [2.05, 4.69) is 362 Å². The molecule has 1 heteroatoms. The van der Waals surface area contributed by atoms with E-state index in [0.29, 0.717) is 17.8 Å². The standard InChI is InChI=1S/C33H26.C32H25N.C29H24/c1-22(2)24-13-9-14-25(21-24)32-28-16-5-7-18-30(28)33(31-19-8-6-17-29(31)32)27-20-10-12-23-11-3-4-15-26(23)27;1-21(2)23-11-7-12-24(19-23)31-27-14-5-6-15-28(27)32(29-17-18-33-20-30(29)31)26-16-8-10-22-9-3-4-13-25(22)26;1-20(2)22-13-10-14-23(19-22)29-26-17-8-6-15-24(26)28(21-11-4-3-5-12-21)25-16-7-9-18-27(25)29/h3-22H,1-2H3;3-21H,1-2H3;3-20H,1-2H3. The number of hydrogen-bond donors (Lipinski definition) is 0. The lowest BCUT2D eigenvalue weighted by atomic mass is 9.84. The fourth-order valence-corrected chi connectivity index (χ4v) is 14.8. The summed E-state index contributed by atoms with van der Waals surface area (Å²) in [7, 11) is 0. The second kappa shape index (κ2) is 26.0. The molecule has 0 aliphatic heterocycles. The van der Waals surface area contributed by atoms with Crippen molar-refractivity contribution in [2.75, 3.05) is 0 Å². The summed E-state index contributed by atoms with van der Waals surface area (Å²) in [5, 5.41) is 20.5. The maximum Gasteiger partial charge on any atom is 0.0353 e. The number of benzene rings is 16. The Bertz CT molecular complexity index is 5280. The molecule has 0 unspecified atom stereocenters. The molecule has 0 spiro atoms. The Kier molecular flexibility index (Phi) is 16.4. The second-order valence-corrected chi connectivity index (χ2v) is 26.2. The second-order valence-electron chi connectivity index (χ2n) is 26.2. The van der Waals surface area contributed by atoms with Gasteiger partial charge in [-0.1, -0.05) is 351 Å². The lowest BCUT2D eigenvalue weighted by Gasteiger charge is -2.19. The predicted octanol–water partition coefficient (Wildman–Crippen LogP) is 27.1. The summed E-state index contributed by atoms with van der Waals surface area (Å²) in [6.45, 7) is 13.5. The minimum Gasteiger partial charge on any atom is -0.264 e. The molecule has 17 rings (SSSR count). The predicted molar refractivity (Wildman–Crippen MR) is 412 cm³/mol. The number of nitrogens with zero attached hydrogens (tertiary/aromatic N) is 1. The Labute approximate surface area is 558 Å². The summed E-state index contributed by atoms with van der Waals surface area (Å²) in [5.41, 5.74) is 19.6. The average Bonchev–Trinajstić information content (AvgIpc) is 0.750. The molecular weight excluding hydrogens is 1140 g/mol. The van der Waals surface area contributed by atoms with Crippen molar-refractivity contribution in [1.82, 2.24) is 4.98 Å². The number of hydrogen-bond acceptors (Lipinski definition) is 1. The molecule has 0 N–H and O–H groups in total. The summed E-state index contributed by atoms with van der Waals surface area (Å²) in [5.74, 6) is 1.49. The highest BCUT2D eigenvalue weighted by Crippen LogP contribution is 2.49. The number of pyridine rings is 1. The summed E-state index contributed by atoms with van der Waals surface area (Å²) in [6.07, 6.45) is 3.95. The van der Waals surface area contributed by atoms with E-state index in [1.165, 1.54) is 170 Å². The molecule has 0 atom stereocenters. The van der Waals surface area contributed by atoms with Gasteiger partial charge in [-0.15, -0.1) is 0 Å². The van der Waals surface area contributed by atoms with Crippen LogP contribution in [0.1, 0.15) is 76.0 Å². The number of rotatable bonds is 9. The van der Waals surface area contributed by atoms with Crippen LogP contribution in [-0.4, -0.2) is 4.98 Å². The summed E-state index contributed by atoms with van der Waals surface area (Å²) in [4.78, 5) is 4.56. The van der Waals surface area contributed by atoms with E-state index in [1.54, 1.807) is 0 Å². The van der Waals surface area contributed by atoms with Gasteiger partial charge < -0.3 is 0 Å². The van der Waals surface area contributed by atoms with E-state index in [1.807, 2.05) is 12.4 Å². The SMILES string of the molecule is CC(C)c1cccc(-c2c3ccccc3c(-c3cccc4ccccc34)c3ccccc23)c1.CC(C)c1cccc(-c2c3ccccc3c(-c3cccc4ccccc34)c3ccncc23)c1.CC(C)c1cccc(-c2c3ccccc3c(-c3ccccc3)c3ccccc23)c1. The largest absolute Gasteiger partial charge is 0.264 e. The molecule has 0 aliphatic rings. The van der Waals surface area contributed by atoms with Gasteiger partial charge in [0.05, 0.1) is 0 Å². The van der Waals surface area contributed by atoms with E-state index in [9.17, 15) is 0 Å². The van der Waals surface area contributed by atoms with Crippen molar-refractivity contribution >= 4 is 86.2 Å². The van der Waals surface area contributed by atoms with Crippen LogP contribution in [0.25, 0.3) is 153 Å². The van der Waals surface area contributed by atoms with Crippen LogP contribution in [0.15, 0.2) is 328 Å². The molecule has 16 aromatic carbocycles. The van der Waals surface area contributed by atoms with Crippen LogP contribution in [0, 0.1) is 0 Å². The first kappa shape index (κ1) is 60.0. The number of aromatic nitrogens is 1. The highest BCUT2D eigenvalue weighted by atomic mass is 14.6. The molecule has 0 bridgehead atoms. The third-order valence-corrected chi connectivity index (χ3v) is 19.4. The Hall–Kier alpha value is -11.3. The lowest BCUT2D eigenvalue weighted by Crippen LogP contribution is -1.93. The average molecular weight is 1220 g/mol. The summed E-state index contributed by atoms with van der Waals surface area (Å²) in [6, 6.07) is 115. The smallest absolute Gasteiger partial charge is 0.0353 e. The Morgan fingerprint density at radius 1 is 0.200 bits per heavy atom. The Morgan fingerprint density at radius 2 is 0.453 bits per heavy atom. The van der Waals surface area contributed by atoms with Gasteiger partial charge in [0.15, 0.2) is 0 Å². The Balaban J connectivity index is 0.000000118. The highest BCUT2D eigenvalue weighted by Gasteiger charge is 2.22. The third kappa shape index (κ3) is 11.3. The van der Waals surface area contributed by atoms with Crippen LogP contribution >= 0.6 is 0 Å². The zero-order valence-electron chi connectivity index (χ0n) is 54.9. The van der Waals surface area contributed by atoms with Crippen molar-refractivity contribution in [2.45, 2.75) is 59.3 Å². The molecule has 0 amide bonds. The van der Waals surface area contributed by atoms with Crippen molar-refractivity contribution in [1.29, 1.82) is 0 Å². The molecule has 1 aromatic heterocycles. The van der Waals surface area contributed by atoms with Gasteiger partial charge in [0.1, 0.15) is 0 Å². The van der Waals surface area contributed by atoms with Crippen molar-refractivity contribution in [3.8, 4) is 66.8 Å². The van der Waals surface area contributed by atoms with Crippen LogP contribution in [0.5, 0.6) is 0 Å². The molecule has 1 nitrogen and oxygen atoms in total. The molecule has 0 radical (unpaired) electrons. The van der Waals surface area contributed by atoms with Crippen LogP contribution in [0.4, 0.5) is 0 Å². The van der Waals surface area contributed by atoms with Crippen LogP contribution in [0.3, 0.4) is 0 Å². The molecule has 17 aromatic rings. The van der Waals surface area contributed by atoms with Crippen LogP contribution in [-0.2, 0) is 0 Å². The van der Waals surface area contributed by atoms with Crippen molar-refractivity contribution in [3.05, 3.63) is 345 Å². The molecule has 0 fully saturated rings. The summed E-state index contributed by atoms with van der Waals surface area (Å²) < 4.78 is 0. The van der Waals surface area contributed by atoms with Gasteiger partial charge in [-0.25, -0.2) is 0 Å². The minimum absolute atomic E-state index is 0.482. The fraction of sp³-hybridized carbons (Fsp3) is 0.0957. The van der Waals surface area contributed by atoms with Gasteiger partial charge in [-0.05, 0) is 188 Å². The molecular formula is C94H75N. The first-order valence-corrected chi connectivity index (χ1v) is 33.7. The van der Waals surface area contributed by atoms with E-state index < -0.39 is 0 Å². The van der Waals surface area contributed by atoms with Gasteiger partial charge in [-0.3, -0.25) is 4.98 Å². The maximum atomic E-state index is 4.56. The zero-order chi connectivity index (χ0) is 64.5. The summed E-state index contributed by atoms with van der Waals surface area (Å²) >= 11 is 0. The molecule has 0 saturated heterocycles. The van der Waals surface area contributed by atoms with Crippen LogP contribution < -0.4 is 0 Å². The van der Waals surface area contributed by atoms with Crippen LogP contribution in [0.2, 0.25) is 0 Å². The first-order chi connectivity index (χ1) is 46.7. The monoisotopic (exact) mass is 1220 g/mol. The van der Waals surface area contributed by atoms with Gasteiger partial charge in [0, 0.05) is 17.8 Å².